The topological polar surface area (TPSA) is 83.7 Å². The summed E-state index contributed by atoms with van der Waals surface area (Å²) in [4.78, 5) is 26.3. The van der Waals surface area contributed by atoms with Crippen molar-refractivity contribution in [3.63, 3.8) is 0 Å². The average Bonchev–Trinajstić information content (AvgIpc) is 3.24. The molecule has 0 saturated carbocycles. The number of carbonyl (C=O) groups excluding carboxylic acids is 1. The third kappa shape index (κ3) is 2.62. The Morgan fingerprint density at radius 2 is 2.00 bits per heavy atom. The number of hydrogen-bond acceptors (Lipinski definition) is 4. The van der Waals surface area contributed by atoms with E-state index in [1.807, 2.05) is 12.3 Å². The molecule has 2 N–H and O–H groups in total. The molecule has 1 aromatic carbocycles. The summed E-state index contributed by atoms with van der Waals surface area (Å²) in [6.45, 7) is 0. The first-order chi connectivity index (χ1) is 11.7. The van der Waals surface area contributed by atoms with Crippen LogP contribution in [0.5, 0.6) is 0 Å². The monoisotopic (exact) mass is 320 g/mol. The summed E-state index contributed by atoms with van der Waals surface area (Å²) in [5.41, 5.74) is 5.51. The number of aromatic nitrogens is 4. The van der Waals surface area contributed by atoms with Crippen LogP contribution in [0.4, 0.5) is 0 Å². The van der Waals surface area contributed by atoms with Crippen molar-refractivity contribution in [3.05, 3.63) is 59.7 Å². The molecule has 0 amide bonds. The number of methoxy groups -OCH3 is 1. The van der Waals surface area contributed by atoms with Crippen LogP contribution in [-0.2, 0) is 17.6 Å². The van der Waals surface area contributed by atoms with E-state index in [0.29, 0.717) is 11.3 Å². The smallest absolute Gasteiger partial charge is 0.354 e. The van der Waals surface area contributed by atoms with Crippen molar-refractivity contribution in [3.8, 4) is 0 Å². The van der Waals surface area contributed by atoms with Crippen molar-refractivity contribution in [1.82, 2.24) is 19.9 Å². The maximum absolute atomic E-state index is 11.6. The molecule has 120 valence electrons. The molecule has 0 fully saturated rings. The lowest BCUT2D eigenvalue weighted by atomic mass is 10.0. The minimum atomic E-state index is -0.387. The van der Waals surface area contributed by atoms with Crippen LogP contribution in [0.3, 0.4) is 0 Å². The number of esters is 1. The van der Waals surface area contributed by atoms with Crippen LogP contribution >= 0.6 is 0 Å². The first kappa shape index (κ1) is 14.4. The van der Waals surface area contributed by atoms with Gasteiger partial charge in [-0.2, -0.15) is 0 Å². The summed E-state index contributed by atoms with van der Waals surface area (Å²) in [7, 11) is 1.36. The molecule has 3 aromatic heterocycles. The SMILES string of the molecule is COC(=O)c1cc2cc(CCc3ccc4nc[nH]c4c3)cnc2[nH]1. The molecule has 0 atom stereocenters. The minimum Gasteiger partial charge on any atom is -0.464 e. The van der Waals surface area contributed by atoms with Crippen LogP contribution in [0.1, 0.15) is 21.6 Å². The number of carbonyl (C=O) groups is 1. The Morgan fingerprint density at radius 3 is 2.88 bits per heavy atom. The number of pyridine rings is 1. The van der Waals surface area contributed by atoms with Gasteiger partial charge in [0.25, 0.3) is 0 Å². The Balaban J connectivity index is 1.54. The number of rotatable bonds is 4. The minimum absolute atomic E-state index is 0.387. The molecule has 0 unspecified atom stereocenters. The van der Waals surface area contributed by atoms with Crippen LogP contribution in [0.25, 0.3) is 22.1 Å². The van der Waals surface area contributed by atoms with E-state index in [4.69, 9.17) is 4.74 Å². The van der Waals surface area contributed by atoms with Crippen LogP contribution in [0.2, 0.25) is 0 Å². The van der Waals surface area contributed by atoms with E-state index in [1.54, 1.807) is 12.4 Å². The van der Waals surface area contributed by atoms with Crippen molar-refractivity contribution in [2.45, 2.75) is 12.8 Å². The quantitative estimate of drug-likeness (QED) is 0.566. The van der Waals surface area contributed by atoms with E-state index >= 15 is 0 Å². The molecule has 6 heteroatoms. The van der Waals surface area contributed by atoms with Crippen LogP contribution in [-0.4, -0.2) is 33.0 Å². The number of ether oxygens (including phenoxy) is 1. The van der Waals surface area contributed by atoms with Gasteiger partial charge in [-0.1, -0.05) is 6.07 Å². The first-order valence-corrected chi connectivity index (χ1v) is 7.71. The van der Waals surface area contributed by atoms with Gasteiger partial charge in [0.1, 0.15) is 11.3 Å². The van der Waals surface area contributed by atoms with Gasteiger partial charge in [-0.3, -0.25) is 0 Å². The predicted molar refractivity (Wildman–Crippen MR) is 90.9 cm³/mol. The standard InChI is InChI=1S/C18H16N4O2/c1-24-18(23)16-8-13-6-12(9-19-17(13)22-16)3-2-11-4-5-14-15(7-11)21-10-20-14/h4-10H,2-3H2,1H3,(H,19,22)(H,20,21). The van der Waals surface area contributed by atoms with Gasteiger partial charge in [-0.25, -0.2) is 14.8 Å². The van der Waals surface area contributed by atoms with E-state index in [2.05, 4.69) is 38.1 Å². The number of H-pyrrole nitrogens is 2. The van der Waals surface area contributed by atoms with Gasteiger partial charge in [0.05, 0.1) is 24.5 Å². The zero-order valence-electron chi connectivity index (χ0n) is 13.2. The lowest BCUT2D eigenvalue weighted by Crippen LogP contribution is -2.00. The van der Waals surface area contributed by atoms with Crippen LogP contribution in [0.15, 0.2) is 42.9 Å². The molecular formula is C18H16N4O2. The molecule has 4 aromatic rings. The largest absolute Gasteiger partial charge is 0.464 e. The van der Waals surface area contributed by atoms with Gasteiger partial charge < -0.3 is 14.7 Å². The number of nitrogens with one attached hydrogen (secondary N) is 2. The Labute approximate surface area is 137 Å². The van der Waals surface area contributed by atoms with Gasteiger partial charge >= 0.3 is 5.97 Å². The Morgan fingerprint density at radius 1 is 1.12 bits per heavy atom. The maximum atomic E-state index is 11.6. The maximum Gasteiger partial charge on any atom is 0.354 e. The number of fused-ring (bicyclic) bond motifs is 2. The van der Waals surface area contributed by atoms with Gasteiger partial charge in [0.15, 0.2) is 0 Å². The van der Waals surface area contributed by atoms with Crippen molar-refractivity contribution in [2.24, 2.45) is 0 Å². The van der Waals surface area contributed by atoms with Crippen LogP contribution in [0, 0.1) is 0 Å². The highest BCUT2D eigenvalue weighted by atomic mass is 16.5. The summed E-state index contributed by atoms with van der Waals surface area (Å²) < 4.78 is 4.72. The third-order valence-corrected chi connectivity index (χ3v) is 4.12. The number of hydrogen-bond donors (Lipinski definition) is 2. The molecule has 24 heavy (non-hydrogen) atoms. The normalized spacial score (nSPS) is 11.2. The van der Waals surface area contributed by atoms with Crippen molar-refractivity contribution in [2.75, 3.05) is 7.11 Å². The number of aromatic amines is 2. The van der Waals surface area contributed by atoms with E-state index in [1.165, 1.54) is 12.7 Å². The molecule has 0 saturated heterocycles. The fraction of sp³-hybridized carbons (Fsp3) is 0.167. The van der Waals surface area contributed by atoms with E-state index in [0.717, 1.165) is 34.8 Å². The third-order valence-electron chi connectivity index (χ3n) is 4.12. The van der Waals surface area contributed by atoms with Gasteiger partial charge in [0.2, 0.25) is 0 Å². The molecule has 4 rings (SSSR count). The Bertz CT molecular complexity index is 1030. The molecule has 0 aliphatic carbocycles. The second-order valence-electron chi connectivity index (χ2n) is 5.71. The fourth-order valence-electron chi connectivity index (χ4n) is 2.84. The Hall–Kier alpha value is -3.15. The summed E-state index contributed by atoms with van der Waals surface area (Å²) in [5, 5.41) is 0.914. The number of aryl methyl sites for hydroxylation is 2. The Kier molecular flexibility index (Phi) is 3.49. The summed E-state index contributed by atoms with van der Waals surface area (Å²) in [6.07, 6.45) is 5.34. The summed E-state index contributed by atoms with van der Waals surface area (Å²) in [5.74, 6) is -0.387. The molecular weight excluding hydrogens is 304 g/mol. The second kappa shape index (κ2) is 5.81. The molecule has 6 nitrogen and oxygen atoms in total. The predicted octanol–water partition coefficient (Wildman–Crippen LogP) is 3.01. The highest BCUT2D eigenvalue weighted by Crippen LogP contribution is 2.18. The van der Waals surface area contributed by atoms with Gasteiger partial charge in [-0.15, -0.1) is 0 Å². The van der Waals surface area contributed by atoms with Crippen LogP contribution < -0.4 is 0 Å². The zero-order valence-corrected chi connectivity index (χ0v) is 13.2. The summed E-state index contributed by atoms with van der Waals surface area (Å²) in [6, 6.07) is 10.1. The molecule has 3 heterocycles. The lowest BCUT2D eigenvalue weighted by Gasteiger charge is -2.02. The number of benzene rings is 1. The van der Waals surface area contributed by atoms with Crippen molar-refractivity contribution >= 4 is 28.0 Å². The lowest BCUT2D eigenvalue weighted by molar-refractivity contribution is 0.0595. The number of imidazole rings is 1. The summed E-state index contributed by atoms with van der Waals surface area (Å²) >= 11 is 0. The molecule has 0 spiro atoms. The molecule has 0 aliphatic heterocycles. The zero-order chi connectivity index (χ0) is 16.5. The van der Waals surface area contributed by atoms with Crippen molar-refractivity contribution in [1.29, 1.82) is 0 Å². The van der Waals surface area contributed by atoms with Gasteiger partial charge in [-0.05, 0) is 48.2 Å². The fourth-order valence-corrected chi connectivity index (χ4v) is 2.84. The molecule has 0 radical (unpaired) electrons. The highest BCUT2D eigenvalue weighted by Gasteiger charge is 2.10. The molecule has 0 bridgehead atoms. The highest BCUT2D eigenvalue weighted by molar-refractivity contribution is 5.93. The van der Waals surface area contributed by atoms with E-state index < -0.39 is 0 Å². The average molecular weight is 320 g/mol. The van der Waals surface area contributed by atoms with E-state index in [9.17, 15) is 4.79 Å². The van der Waals surface area contributed by atoms with Crippen molar-refractivity contribution < 1.29 is 9.53 Å². The molecule has 0 aliphatic rings. The number of nitrogens with zero attached hydrogens (tertiary/aromatic N) is 2. The van der Waals surface area contributed by atoms with E-state index in [-0.39, 0.29) is 5.97 Å². The first-order valence-electron chi connectivity index (χ1n) is 7.71. The second-order valence-corrected chi connectivity index (χ2v) is 5.71. The van der Waals surface area contributed by atoms with Gasteiger partial charge in [0, 0.05) is 11.6 Å².